The average Bonchev–Trinajstić information content (AvgIpc) is 3.01. The maximum atomic E-state index is 12.9. The first kappa shape index (κ1) is 16.7. The van der Waals surface area contributed by atoms with Crippen LogP contribution in [0.1, 0.15) is 30.7 Å². The zero-order chi connectivity index (χ0) is 17.7. The Balaban J connectivity index is 1.95. The van der Waals surface area contributed by atoms with Crippen LogP contribution < -0.4 is 5.32 Å². The summed E-state index contributed by atoms with van der Waals surface area (Å²) in [5, 5.41) is 2.78. The number of anilines is 1. The standard InChI is InChI=1S/C17H20N2O4S/c1-11-12(7-8-23-11)10-19(4)24(21,22)13-5-6-15-14(9-13)17(2,3)16(20)18-15/h5-9H,10H2,1-4H3,(H,18,20). The number of nitrogens with zero attached hydrogens (tertiary/aromatic N) is 1. The molecule has 128 valence electrons. The summed E-state index contributed by atoms with van der Waals surface area (Å²) < 4.78 is 32.2. The van der Waals surface area contributed by atoms with Gasteiger partial charge in [0.25, 0.3) is 0 Å². The molecule has 1 aromatic heterocycles. The number of nitrogens with one attached hydrogen (secondary N) is 1. The van der Waals surface area contributed by atoms with Crippen molar-refractivity contribution >= 4 is 21.6 Å². The Morgan fingerprint density at radius 1 is 1.25 bits per heavy atom. The molecule has 1 N–H and O–H groups in total. The highest BCUT2D eigenvalue weighted by Gasteiger charge is 2.39. The summed E-state index contributed by atoms with van der Waals surface area (Å²) in [4.78, 5) is 12.2. The lowest BCUT2D eigenvalue weighted by Crippen LogP contribution is -2.28. The maximum Gasteiger partial charge on any atom is 0.243 e. The lowest BCUT2D eigenvalue weighted by molar-refractivity contribution is -0.119. The van der Waals surface area contributed by atoms with E-state index in [1.807, 2.05) is 0 Å². The van der Waals surface area contributed by atoms with Gasteiger partial charge in [-0.15, -0.1) is 0 Å². The molecule has 0 saturated heterocycles. The Labute approximate surface area is 141 Å². The first-order valence-corrected chi connectivity index (χ1v) is 9.03. The normalized spacial score (nSPS) is 16.3. The average molecular weight is 348 g/mol. The van der Waals surface area contributed by atoms with Gasteiger partial charge in [-0.2, -0.15) is 4.31 Å². The van der Waals surface area contributed by atoms with Gasteiger partial charge in [-0.05, 0) is 50.6 Å². The number of fused-ring (bicyclic) bond motifs is 1. The van der Waals surface area contributed by atoms with Crippen LogP contribution in [0.25, 0.3) is 0 Å². The summed E-state index contributed by atoms with van der Waals surface area (Å²) in [6, 6.07) is 6.51. The molecule has 1 aliphatic heterocycles. The molecule has 0 saturated carbocycles. The van der Waals surface area contributed by atoms with Crippen molar-refractivity contribution in [1.82, 2.24) is 4.31 Å². The zero-order valence-corrected chi connectivity index (χ0v) is 14.9. The molecule has 1 amide bonds. The predicted octanol–water partition coefficient (Wildman–Crippen LogP) is 2.64. The van der Waals surface area contributed by atoms with Gasteiger partial charge in [-0.25, -0.2) is 8.42 Å². The molecule has 1 aromatic carbocycles. The fraction of sp³-hybridized carbons (Fsp3) is 0.353. The number of rotatable bonds is 4. The summed E-state index contributed by atoms with van der Waals surface area (Å²) in [7, 11) is -2.14. The van der Waals surface area contributed by atoms with Crippen molar-refractivity contribution in [2.24, 2.45) is 0 Å². The smallest absolute Gasteiger partial charge is 0.243 e. The summed E-state index contributed by atoms with van der Waals surface area (Å²) in [6.45, 7) is 5.58. The fourth-order valence-corrected chi connectivity index (χ4v) is 3.97. The van der Waals surface area contributed by atoms with Gasteiger partial charge >= 0.3 is 0 Å². The van der Waals surface area contributed by atoms with Crippen LogP contribution in [0, 0.1) is 6.92 Å². The molecule has 0 unspecified atom stereocenters. The van der Waals surface area contributed by atoms with Gasteiger partial charge in [0.05, 0.1) is 16.6 Å². The summed E-state index contributed by atoms with van der Waals surface area (Å²) >= 11 is 0. The zero-order valence-electron chi connectivity index (χ0n) is 14.1. The maximum absolute atomic E-state index is 12.9. The number of benzene rings is 1. The third kappa shape index (κ3) is 2.53. The van der Waals surface area contributed by atoms with Gasteiger partial charge in [-0.3, -0.25) is 4.79 Å². The lowest BCUT2D eigenvalue weighted by atomic mass is 9.86. The number of carbonyl (C=O) groups excluding carboxylic acids is 1. The minimum atomic E-state index is -3.67. The van der Waals surface area contributed by atoms with Crippen LogP contribution in [0.4, 0.5) is 5.69 Å². The Kier molecular flexibility index (Phi) is 3.80. The molecule has 2 aromatic rings. The highest BCUT2D eigenvalue weighted by Crippen LogP contribution is 2.38. The minimum absolute atomic E-state index is 0.130. The van der Waals surface area contributed by atoms with Gasteiger partial charge in [0.15, 0.2) is 0 Å². The van der Waals surface area contributed by atoms with Gasteiger partial charge in [-0.1, -0.05) is 0 Å². The first-order valence-electron chi connectivity index (χ1n) is 7.59. The summed E-state index contributed by atoms with van der Waals surface area (Å²) in [6.07, 6.45) is 1.54. The molecule has 6 nitrogen and oxygen atoms in total. The molecular weight excluding hydrogens is 328 g/mol. The topological polar surface area (TPSA) is 79.6 Å². The predicted molar refractivity (Wildman–Crippen MR) is 90.2 cm³/mol. The van der Waals surface area contributed by atoms with Gasteiger partial charge in [0, 0.05) is 24.8 Å². The third-order valence-electron chi connectivity index (χ3n) is 4.55. The van der Waals surface area contributed by atoms with Crippen LogP contribution in [0.15, 0.2) is 39.8 Å². The first-order chi connectivity index (χ1) is 11.1. The number of sulfonamides is 1. The van der Waals surface area contributed by atoms with E-state index in [1.54, 1.807) is 45.2 Å². The van der Waals surface area contributed by atoms with Crippen LogP contribution in [-0.4, -0.2) is 25.7 Å². The number of aryl methyl sites for hydroxylation is 1. The van der Waals surface area contributed by atoms with E-state index < -0.39 is 15.4 Å². The summed E-state index contributed by atoms with van der Waals surface area (Å²) in [5.74, 6) is 0.566. The fourth-order valence-electron chi connectivity index (χ4n) is 2.79. The third-order valence-corrected chi connectivity index (χ3v) is 6.35. The molecule has 7 heteroatoms. The Morgan fingerprint density at radius 3 is 2.58 bits per heavy atom. The van der Waals surface area contributed by atoms with E-state index in [0.29, 0.717) is 17.0 Å². The van der Waals surface area contributed by atoms with Crippen LogP contribution in [0.2, 0.25) is 0 Å². The van der Waals surface area contributed by atoms with Crippen molar-refractivity contribution in [1.29, 1.82) is 0 Å². The Morgan fingerprint density at radius 2 is 1.96 bits per heavy atom. The monoisotopic (exact) mass is 348 g/mol. The SMILES string of the molecule is Cc1occc1CN(C)S(=O)(=O)c1ccc2c(c1)C(C)(C)C(=O)N2. The number of amides is 1. The molecule has 0 atom stereocenters. The number of hydrogen-bond donors (Lipinski definition) is 1. The van der Waals surface area contributed by atoms with Crippen molar-refractivity contribution < 1.29 is 17.6 Å². The molecule has 0 aliphatic carbocycles. The lowest BCUT2D eigenvalue weighted by Gasteiger charge is -2.19. The van der Waals surface area contributed by atoms with E-state index in [9.17, 15) is 13.2 Å². The second-order valence-electron chi connectivity index (χ2n) is 6.55. The van der Waals surface area contributed by atoms with Crippen LogP contribution in [-0.2, 0) is 26.8 Å². The van der Waals surface area contributed by atoms with Gasteiger partial charge in [0.2, 0.25) is 15.9 Å². The highest BCUT2D eigenvalue weighted by atomic mass is 32.2. The number of hydrogen-bond acceptors (Lipinski definition) is 4. The molecule has 3 rings (SSSR count). The molecule has 1 aliphatic rings. The van der Waals surface area contributed by atoms with Crippen molar-refractivity contribution in [2.75, 3.05) is 12.4 Å². The molecular formula is C17H20N2O4S. The van der Waals surface area contributed by atoms with Gasteiger partial charge < -0.3 is 9.73 Å². The van der Waals surface area contributed by atoms with E-state index in [1.165, 1.54) is 17.4 Å². The number of carbonyl (C=O) groups is 1. The second kappa shape index (κ2) is 5.46. The molecule has 0 bridgehead atoms. The van der Waals surface area contributed by atoms with Crippen molar-refractivity contribution in [3.63, 3.8) is 0 Å². The van der Waals surface area contributed by atoms with E-state index >= 15 is 0 Å². The second-order valence-corrected chi connectivity index (χ2v) is 8.59. The highest BCUT2D eigenvalue weighted by molar-refractivity contribution is 7.89. The molecule has 0 spiro atoms. The van der Waals surface area contributed by atoms with E-state index in [4.69, 9.17) is 4.42 Å². The number of furan rings is 1. The van der Waals surface area contributed by atoms with Crippen molar-refractivity contribution in [3.05, 3.63) is 47.4 Å². The largest absolute Gasteiger partial charge is 0.469 e. The van der Waals surface area contributed by atoms with E-state index in [2.05, 4.69) is 5.32 Å². The molecule has 2 heterocycles. The van der Waals surface area contributed by atoms with Crippen LogP contribution >= 0.6 is 0 Å². The molecule has 0 radical (unpaired) electrons. The van der Waals surface area contributed by atoms with Gasteiger partial charge in [0.1, 0.15) is 5.76 Å². The van der Waals surface area contributed by atoms with Crippen LogP contribution in [0.5, 0.6) is 0 Å². The quantitative estimate of drug-likeness (QED) is 0.921. The van der Waals surface area contributed by atoms with Crippen molar-refractivity contribution in [3.8, 4) is 0 Å². The minimum Gasteiger partial charge on any atom is -0.469 e. The van der Waals surface area contributed by atoms with E-state index in [-0.39, 0.29) is 17.3 Å². The molecule has 0 fully saturated rings. The molecule has 24 heavy (non-hydrogen) atoms. The summed E-state index contributed by atoms with van der Waals surface area (Å²) in [5.41, 5.74) is 1.43. The van der Waals surface area contributed by atoms with Crippen molar-refractivity contribution in [2.45, 2.75) is 37.6 Å². The van der Waals surface area contributed by atoms with Crippen LogP contribution in [0.3, 0.4) is 0 Å². The van der Waals surface area contributed by atoms with E-state index in [0.717, 1.165) is 5.56 Å². The Hall–Kier alpha value is -2.12. The Bertz CT molecular complexity index is 912.